The van der Waals surface area contributed by atoms with Gasteiger partial charge in [-0.25, -0.2) is 9.79 Å². The molecule has 0 N–H and O–H groups in total. The average molecular weight is 478 g/mol. The van der Waals surface area contributed by atoms with Gasteiger partial charge in [-0.2, -0.15) is 0 Å². The molecule has 1 heterocycles. The summed E-state index contributed by atoms with van der Waals surface area (Å²) in [4.78, 5) is 16.7. The molecule has 6 heteroatoms. The number of halogens is 1. The molecule has 0 unspecified atom stereocenters. The fourth-order valence-corrected chi connectivity index (χ4v) is 3.42. The van der Waals surface area contributed by atoms with Crippen molar-refractivity contribution in [1.82, 2.24) is 0 Å². The first-order valence-electron chi connectivity index (χ1n) is 9.79. The van der Waals surface area contributed by atoms with Crippen LogP contribution in [-0.4, -0.2) is 25.1 Å². The molecule has 3 aromatic carbocycles. The van der Waals surface area contributed by atoms with Gasteiger partial charge in [0.1, 0.15) is 24.7 Å². The number of aliphatic imine (C=N–C) groups is 1. The molecule has 0 fully saturated rings. The molecule has 0 aliphatic carbocycles. The Hall–Kier alpha value is -3.38. The Morgan fingerprint density at radius 3 is 2.42 bits per heavy atom. The molecule has 0 saturated carbocycles. The zero-order chi connectivity index (χ0) is 21.6. The Bertz CT molecular complexity index is 1160. The van der Waals surface area contributed by atoms with E-state index < -0.39 is 5.97 Å². The van der Waals surface area contributed by atoms with Gasteiger partial charge >= 0.3 is 5.97 Å². The third-order valence-electron chi connectivity index (χ3n) is 4.60. The van der Waals surface area contributed by atoms with Crippen LogP contribution in [0, 0.1) is 6.92 Å². The zero-order valence-corrected chi connectivity index (χ0v) is 18.5. The Morgan fingerprint density at radius 1 is 0.935 bits per heavy atom. The van der Waals surface area contributed by atoms with Gasteiger partial charge in [0, 0.05) is 15.6 Å². The van der Waals surface area contributed by atoms with Crippen LogP contribution in [0.1, 0.15) is 16.7 Å². The average Bonchev–Trinajstić information content (AvgIpc) is 3.14. The number of carbonyl (C=O) groups is 1. The van der Waals surface area contributed by atoms with E-state index in [1.807, 2.05) is 79.7 Å². The predicted octanol–water partition coefficient (Wildman–Crippen LogP) is 5.56. The Kier molecular flexibility index (Phi) is 6.48. The number of ether oxygens (including phenoxy) is 3. The summed E-state index contributed by atoms with van der Waals surface area (Å²) in [6.45, 7) is 2.75. The van der Waals surface area contributed by atoms with Gasteiger partial charge in [0.25, 0.3) is 0 Å². The first-order chi connectivity index (χ1) is 15.1. The Morgan fingerprint density at radius 2 is 1.65 bits per heavy atom. The molecule has 1 aliphatic heterocycles. The highest BCUT2D eigenvalue weighted by Crippen LogP contribution is 2.28. The van der Waals surface area contributed by atoms with Crippen LogP contribution in [0.3, 0.4) is 0 Å². The maximum atomic E-state index is 12.3. The minimum absolute atomic E-state index is 0.220. The number of carbonyl (C=O) groups excluding carboxylic acids is 1. The second-order valence-corrected chi connectivity index (χ2v) is 7.76. The van der Waals surface area contributed by atoms with Crippen LogP contribution in [-0.2, 0) is 9.53 Å². The Balaban J connectivity index is 1.48. The maximum Gasteiger partial charge on any atom is 0.363 e. The van der Waals surface area contributed by atoms with Crippen molar-refractivity contribution in [3.63, 3.8) is 0 Å². The minimum atomic E-state index is -0.493. The van der Waals surface area contributed by atoms with Crippen LogP contribution >= 0.6 is 15.9 Å². The number of cyclic esters (lactones) is 1. The van der Waals surface area contributed by atoms with Crippen molar-refractivity contribution in [3.05, 3.63) is 99.7 Å². The molecular weight excluding hydrogens is 458 g/mol. The van der Waals surface area contributed by atoms with E-state index in [0.717, 1.165) is 26.9 Å². The third kappa shape index (κ3) is 5.22. The normalized spacial score (nSPS) is 14.3. The lowest BCUT2D eigenvalue weighted by Gasteiger charge is -2.12. The van der Waals surface area contributed by atoms with Crippen LogP contribution in [0.25, 0.3) is 6.08 Å². The van der Waals surface area contributed by atoms with Gasteiger partial charge in [-0.3, -0.25) is 0 Å². The van der Waals surface area contributed by atoms with Crippen molar-refractivity contribution in [2.75, 3.05) is 13.2 Å². The van der Waals surface area contributed by atoms with E-state index in [9.17, 15) is 4.79 Å². The molecule has 0 bridgehead atoms. The SMILES string of the molecule is Cc1ccccc1OCCOc1ccc(Br)cc1/C=C1\N=C(c2ccccc2)OC1=O. The lowest BCUT2D eigenvalue weighted by molar-refractivity contribution is -0.129. The van der Waals surface area contributed by atoms with Crippen LogP contribution in [0.15, 0.2) is 88.0 Å². The number of nitrogens with zero attached hydrogens (tertiary/aromatic N) is 1. The number of aryl methyl sites for hydroxylation is 1. The van der Waals surface area contributed by atoms with E-state index in [2.05, 4.69) is 20.9 Å². The smallest absolute Gasteiger partial charge is 0.363 e. The highest BCUT2D eigenvalue weighted by Gasteiger charge is 2.24. The number of para-hydroxylation sites is 1. The fraction of sp³-hybridized carbons (Fsp3) is 0.120. The molecule has 31 heavy (non-hydrogen) atoms. The number of hydrogen-bond donors (Lipinski definition) is 0. The molecule has 0 atom stereocenters. The molecule has 5 nitrogen and oxygen atoms in total. The van der Waals surface area contributed by atoms with Gasteiger partial charge in [0.2, 0.25) is 5.90 Å². The summed E-state index contributed by atoms with van der Waals surface area (Å²) in [5, 5.41) is 0. The topological polar surface area (TPSA) is 57.1 Å². The molecule has 1 aliphatic rings. The van der Waals surface area contributed by atoms with Gasteiger partial charge in [-0.15, -0.1) is 0 Å². The summed E-state index contributed by atoms with van der Waals surface area (Å²) >= 11 is 3.47. The summed E-state index contributed by atoms with van der Waals surface area (Å²) in [6, 6.07) is 22.7. The van der Waals surface area contributed by atoms with Crippen LogP contribution in [0.5, 0.6) is 11.5 Å². The van der Waals surface area contributed by atoms with Gasteiger partial charge in [0.05, 0.1) is 0 Å². The number of benzene rings is 3. The minimum Gasteiger partial charge on any atom is -0.490 e. The molecule has 0 aromatic heterocycles. The molecule has 0 spiro atoms. The van der Waals surface area contributed by atoms with E-state index in [1.54, 1.807) is 6.08 Å². The van der Waals surface area contributed by atoms with Crippen molar-refractivity contribution in [3.8, 4) is 11.5 Å². The second kappa shape index (κ2) is 9.62. The maximum absolute atomic E-state index is 12.3. The number of rotatable bonds is 7. The summed E-state index contributed by atoms with van der Waals surface area (Å²) < 4.78 is 17.9. The Labute approximate surface area is 189 Å². The van der Waals surface area contributed by atoms with Crippen LogP contribution in [0.4, 0.5) is 0 Å². The molecule has 3 aromatic rings. The summed E-state index contributed by atoms with van der Waals surface area (Å²) in [5.41, 5.74) is 2.76. The molecule has 0 saturated heterocycles. The lowest BCUT2D eigenvalue weighted by Crippen LogP contribution is -2.10. The van der Waals surface area contributed by atoms with Crippen molar-refractivity contribution in [2.45, 2.75) is 6.92 Å². The summed E-state index contributed by atoms with van der Waals surface area (Å²) in [6.07, 6.45) is 1.67. The predicted molar refractivity (Wildman–Crippen MR) is 123 cm³/mol. The quantitative estimate of drug-likeness (QED) is 0.254. The summed E-state index contributed by atoms with van der Waals surface area (Å²) in [5.74, 6) is 1.26. The highest BCUT2D eigenvalue weighted by atomic mass is 79.9. The molecule has 4 rings (SSSR count). The van der Waals surface area contributed by atoms with Gasteiger partial charge < -0.3 is 14.2 Å². The van der Waals surface area contributed by atoms with Crippen molar-refractivity contribution >= 4 is 33.9 Å². The van der Waals surface area contributed by atoms with E-state index in [4.69, 9.17) is 14.2 Å². The monoisotopic (exact) mass is 477 g/mol. The van der Waals surface area contributed by atoms with Gasteiger partial charge in [-0.1, -0.05) is 52.3 Å². The zero-order valence-electron chi connectivity index (χ0n) is 16.9. The van der Waals surface area contributed by atoms with E-state index in [-0.39, 0.29) is 5.70 Å². The van der Waals surface area contributed by atoms with Crippen LogP contribution in [0.2, 0.25) is 0 Å². The second-order valence-electron chi connectivity index (χ2n) is 6.85. The first kappa shape index (κ1) is 20.9. The molecule has 156 valence electrons. The third-order valence-corrected chi connectivity index (χ3v) is 5.09. The largest absolute Gasteiger partial charge is 0.490 e. The number of esters is 1. The lowest BCUT2D eigenvalue weighted by atomic mass is 10.1. The van der Waals surface area contributed by atoms with Gasteiger partial charge in [0.15, 0.2) is 5.70 Å². The van der Waals surface area contributed by atoms with E-state index in [0.29, 0.717) is 24.9 Å². The van der Waals surface area contributed by atoms with Crippen molar-refractivity contribution < 1.29 is 19.0 Å². The standard InChI is InChI=1S/C25H20BrNO4/c1-17-7-5-6-10-22(17)29-13-14-30-23-12-11-20(26)15-19(23)16-21-25(28)31-24(27-21)18-8-3-2-4-9-18/h2-12,15-16H,13-14H2,1H3/b21-16-. The van der Waals surface area contributed by atoms with Crippen LogP contribution < -0.4 is 9.47 Å². The fourth-order valence-electron chi connectivity index (χ4n) is 3.05. The molecular formula is C25H20BrNO4. The highest BCUT2D eigenvalue weighted by molar-refractivity contribution is 9.10. The van der Waals surface area contributed by atoms with E-state index >= 15 is 0 Å². The van der Waals surface area contributed by atoms with Crippen molar-refractivity contribution in [2.24, 2.45) is 4.99 Å². The van der Waals surface area contributed by atoms with Gasteiger partial charge in [-0.05, 0) is 55.0 Å². The first-order valence-corrected chi connectivity index (χ1v) is 10.6. The molecule has 0 amide bonds. The molecule has 0 radical (unpaired) electrons. The van der Waals surface area contributed by atoms with Crippen molar-refractivity contribution in [1.29, 1.82) is 0 Å². The summed E-state index contributed by atoms with van der Waals surface area (Å²) in [7, 11) is 0. The number of hydrogen-bond acceptors (Lipinski definition) is 5. The van der Waals surface area contributed by atoms with E-state index in [1.165, 1.54) is 0 Å².